The van der Waals surface area contributed by atoms with Crippen molar-refractivity contribution >= 4 is 11.0 Å². The predicted octanol–water partition coefficient (Wildman–Crippen LogP) is 1.90. The number of aromatic nitrogens is 3. The quantitative estimate of drug-likeness (QED) is 0.748. The summed E-state index contributed by atoms with van der Waals surface area (Å²) in [6.07, 6.45) is 0.836. The van der Waals surface area contributed by atoms with Crippen LogP contribution < -0.4 is 4.74 Å². The average Bonchev–Trinajstić information content (AvgIpc) is 2.28. The molecule has 0 fully saturated rings. The van der Waals surface area contributed by atoms with Crippen molar-refractivity contribution in [3.05, 3.63) is 23.7 Å². The topological polar surface area (TPSA) is 47.9 Å². The second kappa shape index (κ2) is 3.81. The number of pyridine rings is 1. The highest BCUT2D eigenvalue weighted by Crippen LogP contribution is 2.17. The van der Waals surface area contributed by atoms with Crippen molar-refractivity contribution in [2.24, 2.45) is 0 Å². The Balaban J connectivity index is 2.68. The molecule has 0 bridgehead atoms. The second-order valence-electron chi connectivity index (χ2n) is 3.30. The summed E-state index contributed by atoms with van der Waals surface area (Å²) in [5.74, 6) is 1.45. The Morgan fingerprint density at radius 1 is 1.20 bits per heavy atom. The highest BCUT2D eigenvalue weighted by atomic mass is 16.5. The van der Waals surface area contributed by atoms with Gasteiger partial charge in [0, 0.05) is 12.5 Å². The number of fused-ring (bicyclic) bond motifs is 1. The van der Waals surface area contributed by atoms with E-state index in [1.165, 1.54) is 0 Å². The maximum absolute atomic E-state index is 5.07. The van der Waals surface area contributed by atoms with Gasteiger partial charge in [-0.15, -0.1) is 0 Å². The third kappa shape index (κ3) is 1.75. The molecular weight excluding hydrogens is 190 g/mol. The molecule has 0 radical (unpaired) electrons. The standard InChI is InChI=1S/C11H13N3O/c1-4-9-12-7(2)11-8(13-9)5-6-10(14-11)15-3/h5-6H,4H2,1-3H3. The van der Waals surface area contributed by atoms with Crippen LogP contribution in [0.3, 0.4) is 0 Å². The third-order valence-electron chi connectivity index (χ3n) is 2.26. The van der Waals surface area contributed by atoms with E-state index < -0.39 is 0 Å². The van der Waals surface area contributed by atoms with E-state index in [-0.39, 0.29) is 0 Å². The normalized spacial score (nSPS) is 10.6. The lowest BCUT2D eigenvalue weighted by Crippen LogP contribution is -1.99. The highest BCUT2D eigenvalue weighted by Gasteiger charge is 2.05. The van der Waals surface area contributed by atoms with E-state index in [1.807, 2.05) is 26.0 Å². The van der Waals surface area contributed by atoms with Gasteiger partial charge in [-0.2, -0.15) is 0 Å². The number of aryl methyl sites for hydroxylation is 2. The zero-order chi connectivity index (χ0) is 10.8. The fraction of sp³-hybridized carbons (Fsp3) is 0.364. The molecule has 0 atom stereocenters. The minimum Gasteiger partial charge on any atom is -0.481 e. The first-order valence-electron chi connectivity index (χ1n) is 4.93. The molecule has 0 amide bonds. The van der Waals surface area contributed by atoms with Gasteiger partial charge in [0.1, 0.15) is 11.3 Å². The fourth-order valence-electron chi connectivity index (χ4n) is 1.47. The zero-order valence-corrected chi connectivity index (χ0v) is 9.11. The second-order valence-corrected chi connectivity index (χ2v) is 3.30. The van der Waals surface area contributed by atoms with Crippen LogP contribution in [-0.4, -0.2) is 22.1 Å². The molecule has 2 rings (SSSR count). The Hall–Kier alpha value is -1.71. The molecule has 0 aliphatic rings. The van der Waals surface area contributed by atoms with E-state index in [2.05, 4.69) is 15.0 Å². The van der Waals surface area contributed by atoms with E-state index >= 15 is 0 Å². The lowest BCUT2D eigenvalue weighted by molar-refractivity contribution is 0.399. The number of hydrogen-bond donors (Lipinski definition) is 0. The molecule has 0 saturated carbocycles. The van der Waals surface area contributed by atoms with E-state index in [4.69, 9.17) is 4.74 Å². The molecular formula is C11H13N3O. The first-order valence-corrected chi connectivity index (χ1v) is 4.93. The molecule has 4 nitrogen and oxygen atoms in total. The van der Waals surface area contributed by atoms with Gasteiger partial charge in [0.15, 0.2) is 0 Å². The summed E-state index contributed by atoms with van der Waals surface area (Å²) < 4.78 is 5.07. The number of ether oxygens (including phenoxy) is 1. The summed E-state index contributed by atoms with van der Waals surface area (Å²) in [7, 11) is 1.60. The van der Waals surface area contributed by atoms with Gasteiger partial charge in [0.05, 0.1) is 18.3 Å². The van der Waals surface area contributed by atoms with Crippen molar-refractivity contribution in [1.82, 2.24) is 15.0 Å². The van der Waals surface area contributed by atoms with Crippen molar-refractivity contribution in [3.8, 4) is 5.88 Å². The Morgan fingerprint density at radius 2 is 2.00 bits per heavy atom. The molecule has 2 aromatic rings. The fourth-order valence-corrected chi connectivity index (χ4v) is 1.47. The van der Waals surface area contributed by atoms with Crippen LogP contribution in [0.5, 0.6) is 5.88 Å². The molecule has 78 valence electrons. The van der Waals surface area contributed by atoms with Crippen molar-refractivity contribution in [2.45, 2.75) is 20.3 Å². The molecule has 0 aliphatic carbocycles. The number of hydrogen-bond acceptors (Lipinski definition) is 4. The molecule has 15 heavy (non-hydrogen) atoms. The van der Waals surface area contributed by atoms with Gasteiger partial charge in [-0.1, -0.05) is 6.92 Å². The lowest BCUT2D eigenvalue weighted by atomic mass is 10.3. The van der Waals surface area contributed by atoms with Crippen molar-refractivity contribution in [2.75, 3.05) is 7.11 Å². The number of methoxy groups -OCH3 is 1. The van der Waals surface area contributed by atoms with Gasteiger partial charge in [0.25, 0.3) is 0 Å². The van der Waals surface area contributed by atoms with Crippen molar-refractivity contribution in [3.63, 3.8) is 0 Å². The molecule has 0 aromatic carbocycles. The van der Waals surface area contributed by atoms with Gasteiger partial charge in [-0.25, -0.2) is 15.0 Å². The van der Waals surface area contributed by atoms with Crippen LogP contribution in [0.4, 0.5) is 0 Å². The van der Waals surface area contributed by atoms with Crippen molar-refractivity contribution < 1.29 is 4.74 Å². The Morgan fingerprint density at radius 3 is 2.67 bits per heavy atom. The van der Waals surface area contributed by atoms with Crippen LogP contribution in [0.15, 0.2) is 12.1 Å². The SMILES string of the molecule is CCc1nc(C)c2nc(OC)ccc2n1. The molecule has 0 unspecified atom stereocenters. The smallest absolute Gasteiger partial charge is 0.213 e. The van der Waals surface area contributed by atoms with Crippen LogP contribution in [0, 0.1) is 6.92 Å². The number of nitrogens with zero attached hydrogens (tertiary/aromatic N) is 3. The Kier molecular flexibility index (Phi) is 2.49. The average molecular weight is 203 g/mol. The van der Waals surface area contributed by atoms with Gasteiger partial charge >= 0.3 is 0 Å². The van der Waals surface area contributed by atoms with E-state index in [1.54, 1.807) is 7.11 Å². The van der Waals surface area contributed by atoms with Gasteiger partial charge in [-0.3, -0.25) is 0 Å². The molecule has 0 aliphatic heterocycles. The molecule has 4 heteroatoms. The summed E-state index contributed by atoms with van der Waals surface area (Å²) in [5, 5.41) is 0. The minimum atomic E-state index is 0.596. The lowest BCUT2D eigenvalue weighted by Gasteiger charge is -2.04. The van der Waals surface area contributed by atoms with Crippen LogP contribution in [0.2, 0.25) is 0 Å². The monoisotopic (exact) mass is 203 g/mol. The summed E-state index contributed by atoms with van der Waals surface area (Å²) >= 11 is 0. The van der Waals surface area contributed by atoms with Crippen LogP contribution >= 0.6 is 0 Å². The van der Waals surface area contributed by atoms with Crippen LogP contribution in [0.25, 0.3) is 11.0 Å². The summed E-state index contributed by atoms with van der Waals surface area (Å²) in [6.45, 7) is 3.98. The third-order valence-corrected chi connectivity index (χ3v) is 2.26. The van der Waals surface area contributed by atoms with Gasteiger partial charge < -0.3 is 4.74 Å². The molecule has 0 spiro atoms. The van der Waals surface area contributed by atoms with E-state index in [0.717, 1.165) is 29.0 Å². The minimum absolute atomic E-state index is 0.596. The Bertz CT molecular complexity index is 496. The van der Waals surface area contributed by atoms with Crippen LogP contribution in [0.1, 0.15) is 18.4 Å². The van der Waals surface area contributed by atoms with Gasteiger partial charge in [0.2, 0.25) is 5.88 Å². The van der Waals surface area contributed by atoms with E-state index in [0.29, 0.717) is 5.88 Å². The maximum atomic E-state index is 5.07. The van der Waals surface area contributed by atoms with Gasteiger partial charge in [-0.05, 0) is 13.0 Å². The first kappa shape index (κ1) is 9.83. The summed E-state index contributed by atoms with van der Waals surface area (Å²) in [5.41, 5.74) is 2.59. The molecule has 0 saturated heterocycles. The number of rotatable bonds is 2. The van der Waals surface area contributed by atoms with E-state index in [9.17, 15) is 0 Å². The predicted molar refractivity (Wildman–Crippen MR) is 58.0 cm³/mol. The summed E-state index contributed by atoms with van der Waals surface area (Å²) in [4.78, 5) is 13.1. The molecule has 0 N–H and O–H groups in total. The maximum Gasteiger partial charge on any atom is 0.213 e. The summed E-state index contributed by atoms with van der Waals surface area (Å²) in [6, 6.07) is 3.73. The highest BCUT2D eigenvalue weighted by molar-refractivity contribution is 5.76. The van der Waals surface area contributed by atoms with Crippen LogP contribution in [-0.2, 0) is 6.42 Å². The zero-order valence-electron chi connectivity index (χ0n) is 9.11. The largest absolute Gasteiger partial charge is 0.481 e. The Labute approximate surface area is 88.3 Å². The molecule has 2 aromatic heterocycles. The molecule has 2 heterocycles. The first-order chi connectivity index (χ1) is 7.24. The van der Waals surface area contributed by atoms with Crippen molar-refractivity contribution in [1.29, 1.82) is 0 Å².